The summed E-state index contributed by atoms with van der Waals surface area (Å²) in [4.78, 5) is 73.2. The van der Waals surface area contributed by atoms with Crippen LogP contribution in [0.1, 0.15) is 186 Å². The van der Waals surface area contributed by atoms with E-state index in [4.69, 9.17) is 4.42 Å². The number of fused-ring (bicyclic) bond motifs is 9. The Morgan fingerprint density at radius 2 is 0.889 bits per heavy atom. The van der Waals surface area contributed by atoms with Crippen molar-refractivity contribution in [3.8, 4) is 0 Å². The van der Waals surface area contributed by atoms with Crippen molar-refractivity contribution in [3.63, 3.8) is 0 Å². The van der Waals surface area contributed by atoms with Gasteiger partial charge in [-0.25, -0.2) is 4.98 Å². The number of nitrogens with one attached hydrogen (secondary N) is 4. The average Bonchev–Trinajstić information content (AvgIpc) is 1.70. The van der Waals surface area contributed by atoms with Gasteiger partial charge in [-0.1, -0.05) is 127 Å². The second-order valence-electron chi connectivity index (χ2n) is 31.3. The van der Waals surface area contributed by atoms with Crippen molar-refractivity contribution in [1.29, 1.82) is 0 Å². The van der Waals surface area contributed by atoms with Gasteiger partial charge in [0.05, 0.1) is 6.20 Å². The number of hydrogen-bond acceptors (Lipinski definition) is 16. The Balaban J connectivity index is 0.000000133. The summed E-state index contributed by atoms with van der Waals surface area (Å²) < 4.78 is 6.02. The van der Waals surface area contributed by atoms with Crippen LogP contribution in [-0.2, 0) is 19.3 Å². The summed E-state index contributed by atoms with van der Waals surface area (Å²) in [6.45, 7) is 19.2. The number of piperazine rings is 3. The molecule has 20 heteroatoms. The largest absolute Gasteiger partial charge is 0.420 e. The van der Waals surface area contributed by atoms with E-state index in [-0.39, 0.29) is 29.2 Å². The van der Waals surface area contributed by atoms with Crippen LogP contribution >= 0.6 is 11.3 Å². The number of hydrogen-bond donors (Lipinski definition) is 4. The number of anilines is 3. The second kappa shape index (κ2) is 31.6. The van der Waals surface area contributed by atoms with E-state index in [9.17, 15) is 14.4 Å². The van der Waals surface area contributed by atoms with E-state index in [0.29, 0.717) is 108 Å². The average molecular weight is 1360 g/mol. The third-order valence-electron chi connectivity index (χ3n) is 23.0. The molecule has 9 atom stereocenters. The lowest BCUT2D eigenvalue weighted by molar-refractivity contribution is 0.0926. The molecule has 6 aliphatic rings. The second-order valence-corrected chi connectivity index (χ2v) is 32.3. The minimum absolute atomic E-state index is 0.0689. The van der Waals surface area contributed by atoms with Gasteiger partial charge >= 0.3 is 0 Å². The van der Waals surface area contributed by atoms with Crippen LogP contribution in [0.25, 0.3) is 32.7 Å². The van der Waals surface area contributed by atoms with Crippen molar-refractivity contribution in [1.82, 2.24) is 60.0 Å². The quantitative estimate of drug-likeness (QED) is 0.0353. The zero-order valence-corrected chi connectivity index (χ0v) is 60.9. The predicted molar refractivity (Wildman–Crippen MR) is 399 cm³/mol. The van der Waals surface area contributed by atoms with E-state index in [2.05, 4.69) is 229 Å². The normalized spacial score (nSPS) is 21.9. The van der Waals surface area contributed by atoms with E-state index >= 15 is 0 Å². The third-order valence-corrected chi connectivity index (χ3v) is 24.0. The van der Waals surface area contributed by atoms with E-state index < -0.39 is 0 Å². The molecule has 6 bridgehead atoms. The van der Waals surface area contributed by atoms with Gasteiger partial charge in [0.2, 0.25) is 11.1 Å². The number of likely N-dealkylation sites (N-methyl/N-ethyl adjacent to an activating group) is 3. The summed E-state index contributed by atoms with van der Waals surface area (Å²) in [5, 5.41) is 21.4. The molecule has 0 saturated carbocycles. The van der Waals surface area contributed by atoms with Gasteiger partial charge in [-0.15, -0.1) is 15.3 Å². The van der Waals surface area contributed by atoms with E-state index in [1.807, 2.05) is 0 Å². The van der Waals surface area contributed by atoms with Crippen LogP contribution in [-0.4, -0.2) is 174 Å². The molecule has 6 fully saturated rings. The zero-order chi connectivity index (χ0) is 68.8. The van der Waals surface area contributed by atoms with Crippen LogP contribution in [0.3, 0.4) is 0 Å². The number of aromatic nitrogens is 9. The Labute approximate surface area is 589 Å². The van der Waals surface area contributed by atoms with Gasteiger partial charge in [0, 0.05) is 146 Å². The molecule has 0 spiro atoms. The highest BCUT2D eigenvalue weighted by molar-refractivity contribution is 7.17. The number of nitrogens with zero attached hydrogens (tertiary/aromatic N) is 11. The molecule has 0 radical (unpaired) electrons. The number of aromatic amines is 4. The Bertz CT molecular complexity index is 3680. The minimum Gasteiger partial charge on any atom is -0.420 e. The van der Waals surface area contributed by atoms with Crippen molar-refractivity contribution in [2.24, 2.45) is 35.5 Å². The maximum atomic E-state index is 13.3. The molecule has 4 N–H and O–H groups in total. The van der Waals surface area contributed by atoms with Crippen molar-refractivity contribution < 1.29 is 18.8 Å². The summed E-state index contributed by atoms with van der Waals surface area (Å²) in [6, 6.07) is 29.3. The summed E-state index contributed by atoms with van der Waals surface area (Å²) in [7, 11) is 6.67. The molecular formula is C79H107N15O4S. The standard InChI is InChI=1S/C27H36N4O2.C26H36N6O.C26H35N5OS/c1-18(2)8-9-19(12-20-14-28-24-7-5-4-6-23(20)24)13-25(32)26-15-29-27(33-26)31-16-21-10-11-22(17-31)30(21)3;1-17(2)8-9-18(12-19-14-27-23-7-5-4-6-22(19)23)13-24(33)25-28-26(30-29-25)32-15-20-10-11-21(16-32)31(20)3;1-17(2)8-9-18(12-19-14-27-23-7-5-4-6-22(19)23)13-24(32)25-28-29-26(33-25)31-15-20-10-11-21(16-31)30(20)3/h4-7,14-15,18-19,21-22,28H,8-13,16-17H2,1-3H3;4-7,14,17-18,20-21,27H,8-13,15-16H2,1-3H3,(H,28,29,30);4-7,14,17-18,20-21,27H,8-13,15-16H2,1-3H3. The van der Waals surface area contributed by atoms with Gasteiger partial charge in [-0.2, -0.15) is 4.98 Å². The van der Waals surface area contributed by atoms with E-state index in [1.54, 1.807) is 6.20 Å². The van der Waals surface area contributed by atoms with Crippen LogP contribution in [0.5, 0.6) is 0 Å². The van der Waals surface area contributed by atoms with E-state index in [0.717, 1.165) is 119 Å². The number of ketones is 3. The number of benzene rings is 3. The lowest BCUT2D eigenvalue weighted by atomic mass is 9.87. The topological polar surface area (TPSA) is 211 Å². The molecule has 6 saturated heterocycles. The molecule has 3 aromatic carbocycles. The molecule has 99 heavy (non-hydrogen) atoms. The summed E-state index contributed by atoms with van der Waals surface area (Å²) in [5.74, 6) is 4.53. The number of Topliss-reactive ketones (excluding diaryl/α,β-unsaturated/α-hetero) is 3. The van der Waals surface area contributed by atoms with E-state index in [1.165, 1.54) is 82.7 Å². The Kier molecular flexibility index (Phi) is 22.3. The first kappa shape index (κ1) is 69.9. The summed E-state index contributed by atoms with van der Waals surface area (Å²) in [5.41, 5.74) is 7.36. The molecule has 6 aromatic heterocycles. The Hall–Kier alpha value is -7.52. The number of carbonyl (C=O) groups excluding carboxylic acids is 3. The van der Waals surface area contributed by atoms with Crippen molar-refractivity contribution in [2.75, 3.05) is 75.1 Å². The highest BCUT2D eigenvalue weighted by Gasteiger charge is 2.42. The fourth-order valence-electron chi connectivity index (χ4n) is 16.8. The van der Waals surface area contributed by atoms with Gasteiger partial charge in [0.1, 0.15) is 0 Å². The van der Waals surface area contributed by atoms with Crippen LogP contribution < -0.4 is 14.7 Å². The molecule has 528 valence electrons. The first-order chi connectivity index (χ1) is 47.9. The maximum Gasteiger partial charge on any atom is 0.297 e. The molecule has 0 aliphatic carbocycles. The van der Waals surface area contributed by atoms with Crippen LogP contribution in [0.4, 0.5) is 17.1 Å². The zero-order valence-electron chi connectivity index (χ0n) is 60.1. The molecule has 6 aliphatic heterocycles. The van der Waals surface area contributed by atoms with Crippen LogP contribution in [0.15, 0.2) is 102 Å². The molecule has 9 aromatic rings. The monoisotopic (exact) mass is 1360 g/mol. The fourth-order valence-corrected chi connectivity index (χ4v) is 17.6. The van der Waals surface area contributed by atoms with Gasteiger partial charge < -0.3 is 34.1 Å². The van der Waals surface area contributed by atoms with Crippen molar-refractivity contribution >= 4 is 78.5 Å². The lowest BCUT2D eigenvalue weighted by Crippen LogP contribution is -2.52. The first-order valence-corrected chi connectivity index (χ1v) is 38.1. The fraction of sp³-hybridized carbons (Fsp3) is 0.570. The number of para-hydroxylation sites is 3. The first-order valence-electron chi connectivity index (χ1n) is 37.3. The lowest BCUT2D eigenvalue weighted by Gasteiger charge is -2.38. The van der Waals surface area contributed by atoms with Gasteiger partial charge in [-0.05, 0) is 169 Å². The van der Waals surface area contributed by atoms with Gasteiger partial charge in [0.25, 0.3) is 6.01 Å². The summed E-state index contributed by atoms with van der Waals surface area (Å²) >= 11 is 1.49. The van der Waals surface area contributed by atoms with Crippen molar-refractivity contribution in [2.45, 2.75) is 193 Å². The third kappa shape index (κ3) is 16.8. The van der Waals surface area contributed by atoms with Gasteiger partial charge in [0.15, 0.2) is 33.9 Å². The highest BCUT2D eigenvalue weighted by atomic mass is 32.1. The number of rotatable bonds is 27. The van der Waals surface area contributed by atoms with Crippen molar-refractivity contribution in [3.05, 3.63) is 131 Å². The molecule has 15 rings (SSSR count). The summed E-state index contributed by atoms with van der Waals surface area (Å²) in [6.07, 6.45) is 26.1. The minimum atomic E-state index is 0.0689. The predicted octanol–water partition coefficient (Wildman–Crippen LogP) is 14.9. The Morgan fingerprint density at radius 3 is 1.32 bits per heavy atom. The number of carbonyl (C=O) groups is 3. The molecule has 19 nitrogen and oxygen atoms in total. The van der Waals surface area contributed by atoms with Crippen LogP contribution in [0, 0.1) is 35.5 Å². The molecule has 9 unspecified atom stereocenters. The number of oxazole rings is 1. The molecular weight excluding hydrogens is 1260 g/mol. The smallest absolute Gasteiger partial charge is 0.297 e. The van der Waals surface area contributed by atoms with Crippen LogP contribution in [0.2, 0.25) is 0 Å². The van der Waals surface area contributed by atoms with Gasteiger partial charge in [-0.3, -0.25) is 34.2 Å². The maximum absolute atomic E-state index is 13.3. The molecule has 12 heterocycles. The Morgan fingerprint density at radius 1 is 0.495 bits per heavy atom. The SMILES string of the molecule is CC(C)CCC(CC(=O)c1cnc(N2CC3CCC(C2)N3C)o1)Cc1c[nH]c2ccccc12.CC(C)CCC(CC(=O)c1nc(N2CC3CCC(C2)N3C)n[nH]1)Cc1c[nH]c2ccccc12.CC(C)CCC(CC(=O)c1nnc(N2CC3CCC(C2)N3C)s1)Cc1c[nH]c2ccccc12. The highest BCUT2D eigenvalue weighted by Crippen LogP contribution is 2.37. The molecule has 0 amide bonds. The number of H-pyrrole nitrogens is 4.